The molecule has 1 saturated carbocycles. The van der Waals surface area contributed by atoms with Gasteiger partial charge in [-0.25, -0.2) is 24.2 Å². The fourth-order valence-corrected chi connectivity index (χ4v) is 4.33. The number of carbonyl (C=O) groups excluding carboxylic acids is 1. The molecule has 2 heterocycles. The molecule has 12 nitrogen and oxygen atoms in total. The zero-order valence-electron chi connectivity index (χ0n) is 19.9. The summed E-state index contributed by atoms with van der Waals surface area (Å²) < 4.78 is 27.9. The lowest BCUT2D eigenvalue weighted by atomic mass is 10.1. The third-order valence-electron chi connectivity index (χ3n) is 5.80. The van der Waals surface area contributed by atoms with E-state index in [1.165, 1.54) is 11.7 Å². The lowest BCUT2D eigenvalue weighted by molar-refractivity contribution is 0.0509. The lowest BCUT2D eigenvalue weighted by Crippen LogP contribution is -2.46. The number of anilines is 1. The minimum Gasteiger partial charge on any atom is -0.492 e. The van der Waals surface area contributed by atoms with E-state index in [1.54, 1.807) is 31.1 Å². The Kier molecular flexibility index (Phi) is 6.11. The first-order chi connectivity index (χ1) is 16.4. The van der Waals surface area contributed by atoms with Crippen molar-refractivity contribution in [2.24, 2.45) is 0 Å². The van der Waals surface area contributed by atoms with Gasteiger partial charge in [-0.1, -0.05) is 0 Å². The van der Waals surface area contributed by atoms with Gasteiger partial charge in [-0.2, -0.15) is 4.68 Å². The van der Waals surface area contributed by atoms with Crippen LogP contribution in [0.15, 0.2) is 15.7 Å². The minimum atomic E-state index is -1.60. The van der Waals surface area contributed by atoms with Crippen molar-refractivity contribution in [3.05, 3.63) is 32.7 Å². The van der Waals surface area contributed by atoms with Gasteiger partial charge in [0.25, 0.3) is 5.56 Å². The smallest absolute Gasteiger partial charge is 0.424 e. The van der Waals surface area contributed by atoms with Crippen molar-refractivity contribution in [3.63, 3.8) is 0 Å². The van der Waals surface area contributed by atoms with Crippen LogP contribution in [-0.4, -0.2) is 58.4 Å². The van der Waals surface area contributed by atoms with Gasteiger partial charge < -0.3 is 24.8 Å². The zero-order chi connectivity index (χ0) is 25.7. The normalized spacial score (nSPS) is 18.0. The predicted molar refractivity (Wildman–Crippen MR) is 125 cm³/mol. The SMILES string of the molecule is COc1c(N2CCC(NC(=O)OC(C)(C)C)C2)c(F)cc2c(=O)n(NC(=O)O)c(=O)n(C3CC3)c12. The number of nitrogens with zero attached hydrogens (tertiary/aromatic N) is 3. The highest BCUT2D eigenvalue weighted by Gasteiger charge is 2.35. The van der Waals surface area contributed by atoms with E-state index in [4.69, 9.17) is 14.6 Å². The van der Waals surface area contributed by atoms with Crippen molar-refractivity contribution in [1.82, 2.24) is 14.6 Å². The minimum absolute atomic E-state index is 0.00138. The number of hydrogen-bond donors (Lipinski definition) is 3. The second-order valence-electron chi connectivity index (χ2n) is 9.66. The molecule has 1 aromatic carbocycles. The van der Waals surface area contributed by atoms with Gasteiger partial charge in [0.2, 0.25) is 0 Å². The average molecular weight is 493 g/mol. The molecule has 4 rings (SSSR count). The number of carbonyl (C=O) groups is 2. The molecule has 1 aliphatic carbocycles. The van der Waals surface area contributed by atoms with Crippen LogP contribution in [0.25, 0.3) is 10.9 Å². The van der Waals surface area contributed by atoms with Crippen molar-refractivity contribution >= 4 is 28.8 Å². The summed E-state index contributed by atoms with van der Waals surface area (Å²) in [6, 6.07) is 0.394. The second kappa shape index (κ2) is 8.78. The molecule has 0 radical (unpaired) electrons. The van der Waals surface area contributed by atoms with Gasteiger partial charge >= 0.3 is 17.9 Å². The van der Waals surface area contributed by atoms with Gasteiger partial charge in [-0.05, 0) is 46.1 Å². The third-order valence-corrected chi connectivity index (χ3v) is 5.80. The number of hydrogen-bond acceptors (Lipinski definition) is 7. The summed E-state index contributed by atoms with van der Waals surface area (Å²) in [4.78, 5) is 51.0. The first-order valence-corrected chi connectivity index (χ1v) is 11.2. The first-order valence-electron chi connectivity index (χ1n) is 11.2. The molecule has 3 N–H and O–H groups in total. The fraction of sp³-hybridized carbons (Fsp3) is 0.545. The molecule has 1 saturated heterocycles. The molecule has 35 heavy (non-hydrogen) atoms. The molecular weight excluding hydrogens is 465 g/mol. The predicted octanol–water partition coefficient (Wildman–Crippen LogP) is 1.97. The molecule has 2 amide bonds. The zero-order valence-corrected chi connectivity index (χ0v) is 19.9. The van der Waals surface area contributed by atoms with Crippen LogP contribution in [0.1, 0.15) is 46.1 Å². The molecule has 2 aliphatic rings. The number of halogens is 1. The van der Waals surface area contributed by atoms with Crippen molar-refractivity contribution in [1.29, 1.82) is 0 Å². The van der Waals surface area contributed by atoms with Crippen LogP contribution in [0.5, 0.6) is 5.75 Å². The largest absolute Gasteiger partial charge is 0.492 e. The molecule has 0 spiro atoms. The summed E-state index contributed by atoms with van der Waals surface area (Å²) >= 11 is 0. The summed E-state index contributed by atoms with van der Waals surface area (Å²) in [7, 11) is 1.31. The quantitative estimate of drug-likeness (QED) is 0.574. The number of alkyl carbamates (subject to hydrolysis) is 1. The van der Waals surface area contributed by atoms with Gasteiger partial charge in [-0.3, -0.25) is 9.36 Å². The van der Waals surface area contributed by atoms with Crippen molar-refractivity contribution in [2.45, 2.75) is 57.7 Å². The van der Waals surface area contributed by atoms with Crippen LogP contribution in [0.4, 0.5) is 19.7 Å². The van der Waals surface area contributed by atoms with Gasteiger partial charge in [0.1, 0.15) is 16.8 Å². The maximum Gasteiger partial charge on any atom is 0.424 e. The van der Waals surface area contributed by atoms with Crippen molar-refractivity contribution < 1.29 is 28.6 Å². The Morgan fingerprint density at radius 3 is 2.46 bits per heavy atom. The van der Waals surface area contributed by atoms with E-state index in [1.807, 2.05) is 0 Å². The number of nitrogens with one attached hydrogen (secondary N) is 2. The summed E-state index contributed by atoms with van der Waals surface area (Å²) in [5, 5.41) is 11.6. The monoisotopic (exact) mass is 493 g/mol. The summed E-state index contributed by atoms with van der Waals surface area (Å²) in [6.45, 7) is 5.89. The molecule has 1 atom stereocenters. The van der Waals surface area contributed by atoms with Crippen LogP contribution >= 0.6 is 0 Å². The first kappa shape index (κ1) is 24.4. The summed E-state index contributed by atoms with van der Waals surface area (Å²) in [5.74, 6) is -0.770. The Bertz CT molecular complexity index is 1310. The molecule has 190 valence electrons. The average Bonchev–Trinajstić information content (AvgIpc) is 3.48. The Hall–Kier alpha value is -3.77. The molecule has 1 unspecified atom stereocenters. The van der Waals surface area contributed by atoms with Gasteiger partial charge in [-0.15, -0.1) is 0 Å². The lowest BCUT2D eigenvalue weighted by Gasteiger charge is -2.25. The topological polar surface area (TPSA) is 144 Å². The Morgan fingerprint density at radius 1 is 1.20 bits per heavy atom. The third kappa shape index (κ3) is 4.75. The van der Waals surface area contributed by atoms with Crippen LogP contribution in [0.2, 0.25) is 0 Å². The maximum absolute atomic E-state index is 15.4. The molecule has 0 bridgehead atoms. The van der Waals surface area contributed by atoms with Gasteiger partial charge in [0.15, 0.2) is 11.6 Å². The molecule has 2 fully saturated rings. The molecular formula is C22H28FN5O7. The number of ether oxygens (including phenoxy) is 2. The van der Waals surface area contributed by atoms with Crippen LogP contribution in [0.3, 0.4) is 0 Å². The maximum atomic E-state index is 15.4. The number of rotatable bonds is 5. The molecule has 13 heteroatoms. The number of carboxylic acid groups (broad SMARTS) is 1. The van der Waals surface area contributed by atoms with Crippen molar-refractivity contribution in [2.75, 3.05) is 30.5 Å². The molecule has 2 aromatic rings. The van der Waals surface area contributed by atoms with E-state index >= 15 is 4.39 Å². The van der Waals surface area contributed by atoms with E-state index < -0.39 is 34.9 Å². The van der Waals surface area contributed by atoms with E-state index in [0.717, 1.165) is 6.07 Å². The van der Waals surface area contributed by atoms with Crippen LogP contribution < -0.4 is 31.6 Å². The number of fused-ring (bicyclic) bond motifs is 1. The standard InChI is InChI=1S/C22H28FN5O7/c1-22(2,3)35-20(32)24-11-7-8-26(10-11)16-14(23)9-13-15(17(16)34-4)27(12-5-6-12)21(33)28(18(13)29)25-19(30)31/h9,11-12,25H,5-8,10H2,1-4H3,(H,24,32)(H,30,31). The summed E-state index contributed by atoms with van der Waals surface area (Å²) in [5.41, 5.74) is -0.592. The Morgan fingerprint density at radius 2 is 1.89 bits per heavy atom. The summed E-state index contributed by atoms with van der Waals surface area (Å²) in [6.07, 6.45) is -0.386. The van der Waals surface area contributed by atoms with Crippen molar-refractivity contribution in [3.8, 4) is 5.75 Å². The van der Waals surface area contributed by atoms with Gasteiger partial charge in [0.05, 0.1) is 18.5 Å². The van der Waals surface area contributed by atoms with Crippen LogP contribution in [-0.2, 0) is 4.74 Å². The van der Waals surface area contributed by atoms with E-state index in [2.05, 4.69) is 5.32 Å². The molecule has 1 aromatic heterocycles. The Labute approximate surface area is 199 Å². The number of methoxy groups -OCH3 is 1. The molecule has 1 aliphatic heterocycles. The van der Waals surface area contributed by atoms with E-state index in [0.29, 0.717) is 30.5 Å². The number of amides is 2. The number of benzene rings is 1. The van der Waals surface area contributed by atoms with Gasteiger partial charge in [0, 0.05) is 19.1 Å². The second-order valence-corrected chi connectivity index (χ2v) is 9.66. The highest BCUT2D eigenvalue weighted by Crippen LogP contribution is 2.43. The fourth-order valence-electron chi connectivity index (χ4n) is 4.33. The number of aromatic nitrogens is 2. The highest BCUT2D eigenvalue weighted by molar-refractivity contribution is 5.91. The highest BCUT2D eigenvalue weighted by atomic mass is 19.1. The van der Waals surface area contributed by atoms with E-state index in [9.17, 15) is 19.2 Å². The van der Waals surface area contributed by atoms with E-state index in [-0.39, 0.29) is 41.0 Å². The van der Waals surface area contributed by atoms with Crippen LogP contribution in [0, 0.1) is 5.82 Å². The Balaban J connectivity index is 1.78.